The fraction of sp³-hybridized carbons (Fsp3) is 0.386. The summed E-state index contributed by atoms with van der Waals surface area (Å²) in [5, 5.41) is 31.4. The number of methoxy groups -OCH3 is 1. The summed E-state index contributed by atoms with van der Waals surface area (Å²) in [6.45, 7) is 3.83. The van der Waals surface area contributed by atoms with Gasteiger partial charge < -0.3 is 65.5 Å². The minimum Gasteiger partial charge on any atom is -0.458 e. The number of benzene rings is 2. The number of carbonyl (C=O) groups excluding carboxylic acids is 7. The number of esters is 1. The number of fused-ring (bicyclic) bond motifs is 5. The Morgan fingerprint density at radius 2 is 1.70 bits per heavy atom. The first-order valence-electron chi connectivity index (χ1n) is 20.7. The Hall–Kier alpha value is -7.27. The van der Waals surface area contributed by atoms with Gasteiger partial charge in [-0.15, -0.1) is 0 Å². The third-order valence-electron chi connectivity index (χ3n) is 10.8. The molecule has 8 N–H and O–H groups in total. The van der Waals surface area contributed by atoms with Gasteiger partial charge in [-0.3, -0.25) is 28.8 Å². The summed E-state index contributed by atoms with van der Waals surface area (Å²) in [5.74, 6) is -4.87. The van der Waals surface area contributed by atoms with Crippen LogP contribution < -0.4 is 37.3 Å². The minimum absolute atomic E-state index is 0.0172. The number of amides is 5. The number of hydrogen-bond acceptors (Lipinski definition) is 16. The van der Waals surface area contributed by atoms with Crippen molar-refractivity contribution in [2.45, 2.75) is 83.2 Å². The first-order chi connectivity index (χ1) is 31.4. The van der Waals surface area contributed by atoms with Gasteiger partial charge in [-0.1, -0.05) is 19.1 Å². The fourth-order valence-corrected chi connectivity index (χ4v) is 7.21. The third-order valence-corrected chi connectivity index (χ3v) is 10.8. The highest BCUT2D eigenvalue weighted by molar-refractivity contribution is 6.01. The number of nitrogens with zero attached hydrogens (tertiary/aromatic N) is 2. The molecular formula is C44H49N7O15. The average molecular weight is 916 g/mol. The Bertz CT molecular complexity index is 2620. The molecule has 22 heteroatoms. The molecular weight excluding hydrogens is 867 g/mol. The molecule has 5 amide bonds. The molecule has 0 radical (unpaired) electrons. The second-order valence-electron chi connectivity index (χ2n) is 15.6. The van der Waals surface area contributed by atoms with Gasteiger partial charge in [0.05, 0.1) is 54.8 Å². The van der Waals surface area contributed by atoms with E-state index in [0.717, 1.165) is 0 Å². The largest absolute Gasteiger partial charge is 0.514 e. The molecule has 2 aromatic carbocycles. The number of nitrogens with one attached hydrogen (secondary N) is 4. The average Bonchev–Trinajstić information content (AvgIpc) is 3.64. The van der Waals surface area contributed by atoms with Crippen molar-refractivity contribution in [1.82, 2.24) is 25.5 Å². The Morgan fingerprint density at radius 3 is 2.38 bits per heavy atom. The second kappa shape index (κ2) is 20.7. The zero-order valence-electron chi connectivity index (χ0n) is 36.3. The van der Waals surface area contributed by atoms with E-state index in [-0.39, 0.29) is 62.0 Å². The van der Waals surface area contributed by atoms with Crippen molar-refractivity contribution in [1.29, 1.82) is 0 Å². The molecule has 0 bridgehead atoms. The molecule has 6 rings (SSSR count). The van der Waals surface area contributed by atoms with Gasteiger partial charge in [0.1, 0.15) is 43.7 Å². The molecule has 66 heavy (non-hydrogen) atoms. The maximum atomic E-state index is 13.5. The van der Waals surface area contributed by atoms with Gasteiger partial charge in [-0.2, -0.15) is 0 Å². The zero-order chi connectivity index (χ0) is 47.9. The van der Waals surface area contributed by atoms with E-state index in [9.17, 15) is 48.6 Å². The lowest BCUT2D eigenvalue weighted by Gasteiger charge is -2.31. The first kappa shape index (κ1) is 48.2. The topological polar surface area (TPSA) is 315 Å². The minimum atomic E-state index is -1.95. The van der Waals surface area contributed by atoms with Crippen LogP contribution >= 0.6 is 0 Å². The number of primary amides is 1. The Labute approximate surface area is 376 Å². The quantitative estimate of drug-likeness (QED) is 0.0329. The summed E-state index contributed by atoms with van der Waals surface area (Å²) < 4.78 is 27.3. The lowest BCUT2D eigenvalue weighted by atomic mass is 9.86. The molecule has 0 saturated carbocycles. The predicted molar refractivity (Wildman–Crippen MR) is 230 cm³/mol. The Balaban J connectivity index is 1.01. The van der Waals surface area contributed by atoms with Crippen molar-refractivity contribution in [2.24, 2.45) is 5.73 Å². The molecule has 0 spiro atoms. The number of aromatic nitrogens is 2. The SMILES string of the molecule is CC[C@@]1(O)C(=O)OCc2c1cc1n(c2=O)Cc2cc3cc(OC(=O)OCc4ccc(NC(=O)[C@@H](CC(N)=O)NC(=O)[C@H](C)NC(=O)[C@@H](NC(=O)COCCOC)C(C)O)cc4)ccc3nc2-1. The highest BCUT2D eigenvalue weighted by Crippen LogP contribution is 2.39. The maximum absolute atomic E-state index is 13.5. The lowest BCUT2D eigenvalue weighted by Crippen LogP contribution is -2.58. The van der Waals surface area contributed by atoms with Gasteiger partial charge in [0.25, 0.3) is 5.56 Å². The van der Waals surface area contributed by atoms with Crippen LogP contribution in [0.4, 0.5) is 10.5 Å². The number of hydrogen-bond donors (Lipinski definition) is 7. The number of cyclic esters (lactones) is 1. The van der Waals surface area contributed by atoms with E-state index in [1.54, 1.807) is 37.3 Å². The second-order valence-corrected chi connectivity index (χ2v) is 15.6. The van der Waals surface area contributed by atoms with Crippen LogP contribution in [0.1, 0.15) is 55.9 Å². The van der Waals surface area contributed by atoms with Gasteiger partial charge >= 0.3 is 12.1 Å². The van der Waals surface area contributed by atoms with Gasteiger partial charge in [0.2, 0.25) is 29.5 Å². The Kier molecular flexibility index (Phi) is 15.1. The van der Waals surface area contributed by atoms with E-state index in [1.165, 1.54) is 43.7 Å². The lowest BCUT2D eigenvalue weighted by molar-refractivity contribution is -0.172. The molecule has 2 aromatic heterocycles. The summed E-state index contributed by atoms with van der Waals surface area (Å²) in [4.78, 5) is 107. The number of nitrogens with two attached hydrogens (primary N) is 1. The van der Waals surface area contributed by atoms with Crippen LogP contribution in [-0.2, 0) is 73.1 Å². The van der Waals surface area contributed by atoms with Crippen molar-refractivity contribution >= 4 is 58.3 Å². The smallest absolute Gasteiger partial charge is 0.458 e. The van der Waals surface area contributed by atoms with E-state index in [0.29, 0.717) is 33.4 Å². The number of aliphatic hydroxyl groups is 2. The predicted octanol–water partition coefficient (Wildman–Crippen LogP) is 0.127. The number of carbonyl (C=O) groups is 7. The molecule has 4 aromatic rings. The molecule has 5 atom stereocenters. The van der Waals surface area contributed by atoms with Gasteiger partial charge in [-0.05, 0) is 68.3 Å². The number of anilines is 1. The van der Waals surface area contributed by atoms with Crippen molar-refractivity contribution in [3.8, 4) is 17.1 Å². The first-order valence-corrected chi connectivity index (χ1v) is 20.7. The van der Waals surface area contributed by atoms with Crippen LogP contribution in [0.5, 0.6) is 5.75 Å². The van der Waals surface area contributed by atoms with Crippen LogP contribution in [-0.4, -0.2) is 113 Å². The van der Waals surface area contributed by atoms with Gasteiger partial charge in [0.15, 0.2) is 5.60 Å². The van der Waals surface area contributed by atoms with E-state index in [1.807, 2.05) is 6.07 Å². The normalized spacial score (nSPS) is 16.5. The van der Waals surface area contributed by atoms with Crippen LogP contribution in [0, 0.1) is 0 Å². The van der Waals surface area contributed by atoms with E-state index in [2.05, 4.69) is 21.3 Å². The molecule has 1 unspecified atom stereocenters. The molecule has 350 valence electrons. The molecule has 4 heterocycles. The third kappa shape index (κ3) is 11.0. The standard InChI is InChI=1S/C44H49N7O15/c1-5-44(61)30-16-33-37-26(18-51(33)41(58)29(30)20-64-42(44)59)14-25-15-28(10-11-31(25)48-37)66-43(60)65-19-24-6-8-27(9-7-24)47-39(56)32(17-34(45)53)49-38(55)22(2)46-40(57)36(23(3)52)50-35(54)21-63-13-12-62-4/h6-11,14-16,22-23,32,36,52,61H,5,12-13,17-21H2,1-4H3,(H2,45,53)(H,46,57)(H,47,56)(H,49,55)(H,50,54)/t22-,23?,32+,36-,44-/m0/s1. The van der Waals surface area contributed by atoms with Crippen LogP contribution in [0.15, 0.2) is 59.4 Å². The van der Waals surface area contributed by atoms with E-state index in [4.69, 9.17) is 34.4 Å². The Morgan fingerprint density at radius 1 is 0.955 bits per heavy atom. The molecule has 2 aliphatic rings. The molecule has 0 saturated heterocycles. The molecule has 2 aliphatic heterocycles. The molecule has 0 fully saturated rings. The summed E-state index contributed by atoms with van der Waals surface area (Å²) in [6.07, 6.45) is -2.96. The number of aliphatic hydroxyl groups excluding tert-OH is 1. The summed E-state index contributed by atoms with van der Waals surface area (Å²) in [5.41, 5.74) is 6.36. The highest BCUT2D eigenvalue weighted by Gasteiger charge is 2.45. The maximum Gasteiger partial charge on any atom is 0.514 e. The van der Waals surface area contributed by atoms with Crippen LogP contribution in [0.25, 0.3) is 22.3 Å². The van der Waals surface area contributed by atoms with Crippen molar-refractivity contribution < 1.29 is 67.5 Å². The van der Waals surface area contributed by atoms with Crippen LogP contribution in [0.3, 0.4) is 0 Å². The van der Waals surface area contributed by atoms with Gasteiger partial charge in [-0.25, -0.2) is 14.6 Å². The van der Waals surface area contributed by atoms with Crippen molar-refractivity contribution in [3.05, 3.63) is 87.2 Å². The van der Waals surface area contributed by atoms with Gasteiger partial charge in [0, 0.05) is 29.3 Å². The number of ether oxygens (including phenoxy) is 5. The van der Waals surface area contributed by atoms with Crippen molar-refractivity contribution in [2.75, 3.05) is 32.2 Å². The van der Waals surface area contributed by atoms with Crippen LogP contribution in [0.2, 0.25) is 0 Å². The van der Waals surface area contributed by atoms with E-state index >= 15 is 0 Å². The zero-order valence-corrected chi connectivity index (χ0v) is 36.3. The monoisotopic (exact) mass is 915 g/mol. The van der Waals surface area contributed by atoms with E-state index < -0.39 is 90.1 Å². The number of pyridine rings is 2. The number of rotatable bonds is 19. The highest BCUT2D eigenvalue weighted by atomic mass is 16.7. The summed E-state index contributed by atoms with van der Waals surface area (Å²) in [6, 6.07) is 10.0. The summed E-state index contributed by atoms with van der Waals surface area (Å²) in [7, 11) is 1.45. The fourth-order valence-electron chi connectivity index (χ4n) is 7.21. The molecule has 22 nitrogen and oxygen atoms in total. The summed E-state index contributed by atoms with van der Waals surface area (Å²) >= 11 is 0. The van der Waals surface area contributed by atoms with Crippen molar-refractivity contribution in [3.63, 3.8) is 0 Å². The molecule has 0 aliphatic carbocycles.